The Hall–Kier alpha value is -2.76. The normalized spacial score (nSPS) is 11.6. The zero-order chi connectivity index (χ0) is 13.0. The topological polar surface area (TPSA) is 70.7 Å². The van der Waals surface area contributed by atoms with Gasteiger partial charge in [-0.05, 0) is 29.8 Å². The first kappa shape index (κ1) is 10.2. The van der Waals surface area contributed by atoms with Crippen molar-refractivity contribution in [2.24, 2.45) is 0 Å². The van der Waals surface area contributed by atoms with Gasteiger partial charge in [0, 0.05) is 10.9 Å². The summed E-state index contributed by atoms with van der Waals surface area (Å²) in [6, 6.07) is 6.57. The number of aromatic nitrogens is 3. The van der Waals surface area contributed by atoms with Gasteiger partial charge >= 0.3 is 0 Å². The van der Waals surface area contributed by atoms with Crippen LogP contribution in [0.2, 0.25) is 0 Å². The van der Waals surface area contributed by atoms with Crippen LogP contribution in [0.15, 0.2) is 30.5 Å². The van der Waals surface area contributed by atoms with E-state index < -0.39 is 5.82 Å². The summed E-state index contributed by atoms with van der Waals surface area (Å²) in [4.78, 5) is 15.9. The number of fused-ring (bicyclic) bond motifs is 3. The lowest BCUT2D eigenvalue weighted by Gasteiger charge is -2.02. The van der Waals surface area contributed by atoms with Crippen LogP contribution in [0.3, 0.4) is 0 Å². The highest BCUT2D eigenvalue weighted by molar-refractivity contribution is 6.17. The number of anilines is 1. The molecule has 0 aliphatic heterocycles. The lowest BCUT2D eigenvalue weighted by Crippen LogP contribution is -2.13. The van der Waals surface area contributed by atoms with Crippen LogP contribution in [-0.2, 0) is 0 Å². The number of carbonyl (C=O) groups is 1. The summed E-state index contributed by atoms with van der Waals surface area (Å²) >= 11 is 0. The number of rotatable bonds is 2. The maximum Gasteiger partial charge on any atom is 0.275 e. The zero-order valence-corrected chi connectivity index (χ0v) is 9.57. The second-order valence-electron chi connectivity index (χ2n) is 4.33. The van der Waals surface area contributed by atoms with Crippen molar-refractivity contribution in [3.8, 4) is 11.1 Å². The molecule has 2 heterocycles. The summed E-state index contributed by atoms with van der Waals surface area (Å²) in [6.45, 7) is 0. The van der Waals surface area contributed by atoms with Gasteiger partial charge in [-0.1, -0.05) is 0 Å². The Labute approximate surface area is 106 Å². The number of hydrogen-bond donors (Lipinski definition) is 2. The molecule has 0 spiro atoms. The fourth-order valence-electron chi connectivity index (χ4n) is 2.10. The molecule has 0 fully saturated rings. The minimum Gasteiger partial charge on any atom is -0.305 e. The molecule has 2 aromatic rings. The first-order valence-electron chi connectivity index (χ1n) is 5.68. The van der Waals surface area contributed by atoms with E-state index in [0.717, 1.165) is 28.2 Å². The van der Waals surface area contributed by atoms with Crippen LogP contribution in [-0.4, -0.2) is 21.1 Å². The van der Waals surface area contributed by atoms with E-state index in [1.54, 1.807) is 0 Å². The highest BCUT2D eigenvalue weighted by atomic mass is 19.1. The Kier molecular flexibility index (Phi) is 1.81. The van der Waals surface area contributed by atoms with E-state index >= 15 is 0 Å². The average Bonchev–Trinajstić information content (AvgIpc) is 2.89. The number of amides is 1. The molecule has 92 valence electrons. The summed E-state index contributed by atoms with van der Waals surface area (Å²) < 4.78 is 12.7. The number of pyridine rings is 1. The van der Waals surface area contributed by atoms with Gasteiger partial charge in [-0.2, -0.15) is 5.10 Å². The third-order valence-electron chi connectivity index (χ3n) is 3.08. The number of H-pyrrole nitrogens is 1. The quantitative estimate of drug-likeness (QED) is 0.576. The molecule has 2 N–H and O–H groups in total. The number of halogens is 1. The fourth-order valence-corrected chi connectivity index (χ4v) is 2.10. The Morgan fingerprint density at radius 1 is 1.32 bits per heavy atom. The lowest BCUT2D eigenvalue weighted by molar-refractivity contribution is 0.102. The number of aromatic amines is 1. The van der Waals surface area contributed by atoms with Crippen molar-refractivity contribution >= 4 is 22.6 Å². The molecule has 0 aromatic carbocycles. The number of nitrogens with zero attached hydrogens (tertiary/aromatic N) is 2. The van der Waals surface area contributed by atoms with Gasteiger partial charge in [0.2, 0.25) is 0 Å². The second-order valence-corrected chi connectivity index (χ2v) is 4.33. The van der Waals surface area contributed by atoms with E-state index in [1.165, 1.54) is 12.1 Å². The van der Waals surface area contributed by atoms with Gasteiger partial charge < -0.3 is 5.32 Å². The van der Waals surface area contributed by atoms with Crippen LogP contribution in [0.4, 0.5) is 10.2 Å². The van der Waals surface area contributed by atoms with Crippen LogP contribution in [0.25, 0.3) is 22.0 Å². The van der Waals surface area contributed by atoms with Crippen molar-refractivity contribution in [1.82, 2.24) is 15.2 Å². The predicted molar refractivity (Wildman–Crippen MR) is 67.2 cm³/mol. The molecule has 2 aromatic heterocycles. The van der Waals surface area contributed by atoms with Crippen molar-refractivity contribution in [2.45, 2.75) is 0 Å². The molecule has 4 rings (SSSR count). The van der Waals surface area contributed by atoms with Gasteiger partial charge in [-0.15, -0.1) is 0 Å². The molecule has 6 heteroatoms. The van der Waals surface area contributed by atoms with E-state index in [0.29, 0.717) is 11.5 Å². The number of carbonyl (C=O) groups excluding carboxylic acids is 1. The Balaban J connectivity index is 1.66. The van der Waals surface area contributed by atoms with E-state index in [2.05, 4.69) is 20.5 Å². The minimum absolute atomic E-state index is 0.296. The molecule has 0 radical (unpaired) electrons. The first-order chi connectivity index (χ1) is 9.22. The molecule has 0 saturated carbocycles. The highest BCUT2D eigenvalue weighted by Crippen LogP contribution is 2.42. The molecule has 0 unspecified atom stereocenters. The number of nitrogens with one attached hydrogen (secondary N) is 2. The van der Waals surface area contributed by atoms with Crippen LogP contribution in [0.5, 0.6) is 0 Å². The summed E-state index contributed by atoms with van der Waals surface area (Å²) in [6.07, 6.45) is 1.05. The van der Waals surface area contributed by atoms with Crippen molar-refractivity contribution in [2.75, 3.05) is 5.32 Å². The van der Waals surface area contributed by atoms with Gasteiger partial charge in [0.1, 0.15) is 22.8 Å². The molecule has 19 heavy (non-hydrogen) atoms. The maximum atomic E-state index is 12.7. The molecule has 2 aliphatic carbocycles. The third kappa shape index (κ3) is 1.50. The standard InChI is InChI=1S/C13H7FN4O/c14-7-1-2-10(15-5-7)16-13(19)12-9-4-6-3-8(6)11(9)17-18-12/h1-5H,(H,17,18)(H,15,16,19). The molecule has 0 bridgehead atoms. The van der Waals surface area contributed by atoms with Crippen molar-refractivity contribution in [1.29, 1.82) is 0 Å². The summed E-state index contributed by atoms with van der Waals surface area (Å²) in [7, 11) is 0. The van der Waals surface area contributed by atoms with Gasteiger partial charge in [-0.25, -0.2) is 9.37 Å². The fraction of sp³-hybridized carbons (Fsp3) is 0. The van der Waals surface area contributed by atoms with E-state index in [9.17, 15) is 9.18 Å². The summed E-state index contributed by atoms with van der Waals surface area (Å²) in [5, 5.41) is 10.2. The molecule has 2 aliphatic rings. The van der Waals surface area contributed by atoms with E-state index in [1.807, 2.05) is 12.1 Å². The zero-order valence-electron chi connectivity index (χ0n) is 9.57. The Bertz CT molecular complexity index is 823. The summed E-state index contributed by atoms with van der Waals surface area (Å²) in [5.74, 6) is -0.492. The molecule has 0 atom stereocenters. The van der Waals surface area contributed by atoms with Gasteiger partial charge in [0.15, 0.2) is 0 Å². The largest absolute Gasteiger partial charge is 0.305 e. The Morgan fingerprint density at radius 2 is 2.21 bits per heavy atom. The lowest BCUT2D eigenvalue weighted by atomic mass is 10.2. The average molecular weight is 254 g/mol. The van der Waals surface area contributed by atoms with Crippen molar-refractivity contribution in [3.63, 3.8) is 0 Å². The van der Waals surface area contributed by atoms with Crippen molar-refractivity contribution < 1.29 is 9.18 Å². The SMILES string of the molecule is O=C(Nc1ccc(F)cn1)c1[nH]nc2c3cc-3cc12. The molecule has 0 saturated heterocycles. The van der Waals surface area contributed by atoms with Crippen LogP contribution in [0, 0.1) is 5.82 Å². The maximum absolute atomic E-state index is 12.7. The van der Waals surface area contributed by atoms with E-state index in [-0.39, 0.29) is 5.91 Å². The molecular weight excluding hydrogens is 247 g/mol. The Morgan fingerprint density at radius 3 is 3.00 bits per heavy atom. The second kappa shape index (κ2) is 3.38. The molecule has 1 amide bonds. The summed E-state index contributed by atoms with van der Waals surface area (Å²) in [5.41, 5.74) is 3.42. The van der Waals surface area contributed by atoms with E-state index in [4.69, 9.17) is 0 Å². The van der Waals surface area contributed by atoms with Crippen LogP contribution >= 0.6 is 0 Å². The predicted octanol–water partition coefficient (Wildman–Crippen LogP) is 2.33. The highest BCUT2D eigenvalue weighted by Gasteiger charge is 2.24. The smallest absolute Gasteiger partial charge is 0.275 e. The van der Waals surface area contributed by atoms with Gasteiger partial charge in [0.05, 0.1) is 6.20 Å². The van der Waals surface area contributed by atoms with Crippen LogP contribution in [0.1, 0.15) is 10.5 Å². The monoisotopic (exact) mass is 254 g/mol. The molecular formula is C13H7FN4O. The number of hydrogen-bond acceptors (Lipinski definition) is 3. The van der Waals surface area contributed by atoms with Gasteiger partial charge in [-0.3, -0.25) is 9.89 Å². The third-order valence-corrected chi connectivity index (χ3v) is 3.08. The van der Waals surface area contributed by atoms with Crippen molar-refractivity contribution in [3.05, 3.63) is 42.0 Å². The van der Waals surface area contributed by atoms with Crippen LogP contribution < -0.4 is 5.32 Å². The number of benzene rings is 1. The molecule has 5 nitrogen and oxygen atoms in total. The minimum atomic E-state index is -0.447. The van der Waals surface area contributed by atoms with Gasteiger partial charge in [0.25, 0.3) is 5.91 Å². The first-order valence-corrected chi connectivity index (χ1v) is 5.68.